The molecule has 1 rings (SSSR count). The van der Waals surface area contributed by atoms with E-state index in [0.29, 0.717) is 0 Å². The average Bonchev–Trinajstić information content (AvgIpc) is 2.52. The van der Waals surface area contributed by atoms with Gasteiger partial charge in [-0.05, 0) is 66.2 Å². The molecule has 1 fully saturated rings. The normalized spacial score (nSPS) is 19.2. The smallest absolute Gasteiger partial charge is 0.0786 e. The second-order valence-corrected chi connectivity index (χ2v) is 6.96. The van der Waals surface area contributed by atoms with Crippen LogP contribution in [0.25, 0.3) is 0 Å². The van der Waals surface area contributed by atoms with E-state index in [-0.39, 0.29) is 0 Å². The standard InChI is InChI=1S/C18H40N2/c1-5-19(6-2,7-3)15-11-9-12-16-20(8-4)17-13-10-14-18-20/h5-18H2,1-4H3/q+2. The molecule has 1 saturated heterocycles. The van der Waals surface area contributed by atoms with E-state index in [0.717, 1.165) is 0 Å². The zero-order valence-corrected chi connectivity index (χ0v) is 14.8. The average molecular weight is 285 g/mol. The van der Waals surface area contributed by atoms with Gasteiger partial charge in [-0.25, -0.2) is 0 Å². The molecule has 0 aliphatic carbocycles. The van der Waals surface area contributed by atoms with Crippen molar-refractivity contribution in [2.75, 3.05) is 52.4 Å². The molecule has 0 N–H and O–H groups in total. The third kappa shape index (κ3) is 5.04. The Morgan fingerprint density at radius 3 is 1.85 bits per heavy atom. The zero-order chi connectivity index (χ0) is 14.9. The molecule has 0 amide bonds. The van der Waals surface area contributed by atoms with Gasteiger partial charge >= 0.3 is 0 Å². The van der Waals surface area contributed by atoms with E-state index in [1.807, 2.05) is 0 Å². The van der Waals surface area contributed by atoms with Crippen molar-refractivity contribution in [2.45, 2.75) is 66.2 Å². The fraction of sp³-hybridized carbons (Fsp3) is 1.00. The molecular formula is C18H40N2+2. The van der Waals surface area contributed by atoms with Crippen LogP contribution in [0, 0.1) is 0 Å². The Kier molecular flexibility index (Phi) is 8.13. The second kappa shape index (κ2) is 9.04. The summed E-state index contributed by atoms with van der Waals surface area (Å²) in [6, 6.07) is 0. The lowest BCUT2D eigenvalue weighted by Crippen LogP contribution is -2.52. The molecule has 0 radical (unpaired) electrons. The van der Waals surface area contributed by atoms with Crippen LogP contribution in [-0.4, -0.2) is 61.3 Å². The van der Waals surface area contributed by atoms with Crippen LogP contribution >= 0.6 is 0 Å². The molecule has 120 valence electrons. The van der Waals surface area contributed by atoms with Crippen molar-refractivity contribution in [1.29, 1.82) is 0 Å². The van der Waals surface area contributed by atoms with Crippen molar-refractivity contribution in [3.05, 3.63) is 0 Å². The Morgan fingerprint density at radius 1 is 0.750 bits per heavy atom. The van der Waals surface area contributed by atoms with Crippen LogP contribution in [-0.2, 0) is 0 Å². The van der Waals surface area contributed by atoms with Crippen molar-refractivity contribution < 1.29 is 8.97 Å². The molecule has 0 aromatic rings. The molecule has 1 aliphatic rings. The van der Waals surface area contributed by atoms with Crippen LogP contribution in [0.4, 0.5) is 0 Å². The monoisotopic (exact) mass is 284 g/mol. The number of piperidine rings is 1. The van der Waals surface area contributed by atoms with E-state index in [9.17, 15) is 0 Å². The number of hydrogen-bond acceptors (Lipinski definition) is 0. The van der Waals surface area contributed by atoms with Crippen LogP contribution in [0.1, 0.15) is 66.2 Å². The first kappa shape index (κ1) is 18.0. The number of nitrogens with zero attached hydrogens (tertiary/aromatic N) is 2. The van der Waals surface area contributed by atoms with E-state index in [1.165, 1.54) is 99.8 Å². The molecule has 0 bridgehead atoms. The molecule has 0 aromatic heterocycles. The quantitative estimate of drug-likeness (QED) is 0.419. The maximum Gasteiger partial charge on any atom is 0.0786 e. The highest BCUT2D eigenvalue weighted by Gasteiger charge is 2.27. The van der Waals surface area contributed by atoms with Crippen molar-refractivity contribution >= 4 is 0 Å². The van der Waals surface area contributed by atoms with Gasteiger partial charge in [0.2, 0.25) is 0 Å². The largest absolute Gasteiger partial charge is 0.324 e. The highest BCUT2D eigenvalue weighted by molar-refractivity contribution is 4.54. The summed E-state index contributed by atoms with van der Waals surface area (Å²) in [4.78, 5) is 0. The topological polar surface area (TPSA) is 0 Å². The molecule has 0 aromatic carbocycles. The SMILES string of the molecule is CC[N+](CC)(CC)CCCCC[N+]1(CC)CCCCC1. The van der Waals surface area contributed by atoms with E-state index in [1.54, 1.807) is 0 Å². The predicted molar refractivity (Wildman–Crippen MR) is 89.9 cm³/mol. The van der Waals surface area contributed by atoms with Crippen LogP contribution in [0.2, 0.25) is 0 Å². The minimum Gasteiger partial charge on any atom is -0.324 e. The van der Waals surface area contributed by atoms with E-state index in [2.05, 4.69) is 27.7 Å². The van der Waals surface area contributed by atoms with Crippen LogP contribution in [0.3, 0.4) is 0 Å². The number of hydrogen-bond donors (Lipinski definition) is 0. The van der Waals surface area contributed by atoms with Gasteiger partial charge in [-0.2, -0.15) is 0 Å². The van der Waals surface area contributed by atoms with Gasteiger partial charge in [-0.15, -0.1) is 0 Å². The summed E-state index contributed by atoms with van der Waals surface area (Å²) in [6.07, 6.45) is 8.73. The molecule has 0 saturated carbocycles. The van der Waals surface area contributed by atoms with E-state index < -0.39 is 0 Å². The highest BCUT2D eigenvalue weighted by atomic mass is 15.4. The number of quaternary nitrogens is 2. The first-order valence-electron chi connectivity index (χ1n) is 9.36. The molecule has 1 aliphatic heterocycles. The lowest BCUT2D eigenvalue weighted by atomic mass is 10.1. The summed E-state index contributed by atoms with van der Waals surface area (Å²) >= 11 is 0. The van der Waals surface area contributed by atoms with Crippen LogP contribution in [0.5, 0.6) is 0 Å². The first-order valence-corrected chi connectivity index (χ1v) is 9.36. The van der Waals surface area contributed by atoms with Gasteiger partial charge in [0.1, 0.15) is 0 Å². The van der Waals surface area contributed by atoms with Gasteiger partial charge in [-0.3, -0.25) is 0 Å². The molecule has 0 unspecified atom stereocenters. The van der Waals surface area contributed by atoms with Gasteiger partial charge in [0.25, 0.3) is 0 Å². The lowest BCUT2D eigenvalue weighted by molar-refractivity contribution is -0.931. The molecule has 2 nitrogen and oxygen atoms in total. The van der Waals surface area contributed by atoms with Gasteiger partial charge in [0.15, 0.2) is 0 Å². The van der Waals surface area contributed by atoms with Crippen LogP contribution in [0.15, 0.2) is 0 Å². The zero-order valence-electron chi connectivity index (χ0n) is 14.8. The van der Waals surface area contributed by atoms with Gasteiger partial charge in [0, 0.05) is 0 Å². The summed E-state index contributed by atoms with van der Waals surface area (Å²) in [5.74, 6) is 0. The Balaban J connectivity index is 2.23. The highest BCUT2D eigenvalue weighted by Crippen LogP contribution is 2.20. The molecule has 0 atom stereocenters. The summed E-state index contributed by atoms with van der Waals surface area (Å²) < 4.78 is 2.75. The Labute approximate surface area is 128 Å². The van der Waals surface area contributed by atoms with Crippen molar-refractivity contribution in [3.63, 3.8) is 0 Å². The van der Waals surface area contributed by atoms with Crippen LogP contribution < -0.4 is 0 Å². The molecule has 0 spiro atoms. The van der Waals surface area contributed by atoms with Gasteiger partial charge in [-0.1, -0.05) is 0 Å². The molecule has 20 heavy (non-hydrogen) atoms. The maximum atomic E-state index is 2.40. The van der Waals surface area contributed by atoms with Crippen molar-refractivity contribution in [2.24, 2.45) is 0 Å². The Bertz CT molecular complexity index is 232. The Hall–Kier alpha value is -0.0800. The minimum atomic E-state index is 1.31. The van der Waals surface area contributed by atoms with E-state index in [4.69, 9.17) is 0 Å². The lowest BCUT2D eigenvalue weighted by Gasteiger charge is -2.41. The molecule has 2 heteroatoms. The van der Waals surface area contributed by atoms with E-state index >= 15 is 0 Å². The summed E-state index contributed by atoms with van der Waals surface area (Å²) in [6.45, 7) is 20.5. The van der Waals surface area contributed by atoms with Gasteiger partial charge < -0.3 is 8.97 Å². The first-order chi connectivity index (χ1) is 9.66. The third-order valence-electron chi connectivity index (χ3n) is 6.21. The number of likely N-dealkylation sites (tertiary alicyclic amines) is 1. The second-order valence-electron chi connectivity index (χ2n) is 6.96. The third-order valence-corrected chi connectivity index (χ3v) is 6.21. The summed E-state index contributed by atoms with van der Waals surface area (Å²) in [7, 11) is 0. The minimum absolute atomic E-state index is 1.31. The Morgan fingerprint density at radius 2 is 1.35 bits per heavy atom. The van der Waals surface area contributed by atoms with Crippen molar-refractivity contribution in [3.8, 4) is 0 Å². The predicted octanol–water partition coefficient (Wildman–Crippen LogP) is 4.05. The summed E-state index contributed by atoms with van der Waals surface area (Å²) in [5.41, 5.74) is 0. The molecular weight excluding hydrogens is 244 g/mol. The fourth-order valence-electron chi connectivity index (χ4n) is 4.10. The molecule has 1 heterocycles. The maximum absolute atomic E-state index is 2.40. The summed E-state index contributed by atoms with van der Waals surface area (Å²) in [5, 5.41) is 0. The number of unbranched alkanes of at least 4 members (excludes halogenated alkanes) is 2. The van der Waals surface area contributed by atoms with Crippen molar-refractivity contribution in [1.82, 2.24) is 0 Å². The number of rotatable bonds is 10. The van der Waals surface area contributed by atoms with Gasteiger partial charge in [0.05, 0.1) is 52.4 Å². The fourth-order valence-corrected chi connectivity index (χ4v) is 4.10.